The van der Waals surface area contributed by atoms with Gasteiger partial charge in [-0.2, -0.15) is 0 Å². The summed E-state index contributed by atoms with van der Waals surface area (Å²) in [5.74, 6) is 0.246. The van der Waals surface area contributed by atoms with Gasteiger partial charge in [0.05, 0.1) is 17.1 Å². The van der Waals surface area contributed by atoms with Crippen molar-refractivity contribution in [2.75, 3.05) is 6.61 Å². The Balaban J connectivity index is 1.97. The number of ether oxygens (including phenoxy) is 1. The maximum atomic E-state index is 12.5. The minimum atomic E-state index is -0.438. The summed E-state index contributed by atoms with van der Waals surface area (Å²) in [7, 11) is 0. The van der Waals surface area contributed by atoms with Gasteiger partial charge in [-0.25, -0.2) is 9.79 Å². The summed E-state index contributed by atoms with van der Waals surface area (Å²) in [6, 6.07) is 6.26. The first-order valence-corrected chi connectivity index (χ1v) is 9.41. The highest BCUT2D eigenvalue weighted by atomic mass is 32.1. The first kappa shape index (κ1) is 18.3. The van der Waals surface area contributed by atoms with Crippen molar-refractivity contribution in [2.45, 2.75) is 33.1 Å². The summed E-state index contributed by atoms with van der Waals surface area (Å²) in [5.41, 5.74) is 2.24. The average Bonchev–Trinajstić information content (AvgIpc) is 2.97. The maximum Gasteiger partial charge on any atom is 0.341 e. The predicted molar refractivity (Wildman–Crippen MR) is 102 cm³/mol. The monoisotopic (exact) mass is 372 g/mol. The number of aliphatic imine (C=N–C) groups is 1. The molecule has 0 fully saturated rings. The number of carbonyl (C=O) groups is 1. The van der Waals surface area contributed by atoms with Crippen molar-refractivity contribution in [3.63, 3.8) is 0 Å². The molecule has 0 bridgehead atoms. The summed E-state index contributed by atoms with van der Waals surface area (Å²) in [6.45, 7) is 4.30. The van der Waals surface area contributed by atoms with E-state index in [-0.39, 0.29) is 11.7 Å². The second kappa shape index (κ2) is 7.78. The van der Waals surface area contributed by atoms with Crippen LogP contribution in [0.25, 0.3) is 0 Å². The average molecular weight is 372 g/mol. The topological polar surface area (TPSA) is 81.8 Å². The van der Waals surface area contributed by atoms with Crippen LogP contribution in [0.3, 0.4) is 0 Å². The Bertz CT molecular complexity index is 872. The Morgan fingerprint density at radius 2 is 2.31 bits per heavy atom. The summed E-state index contributed by atoms with van der Waals surface area (Å²) in [6.07, 6.45) is 4.41. The van der Waals surface area contributed by atoms with Gasteiger partial charge < -0.3 is 4.74 Å². The molecule has 1 aliphatic rings. The first-order valence-electron chi connectivity index (χ1n) is 8.59. The number of nitro groups is 1. The first-order chi connectivity index (χ1) is 12.5. The number of nitro benzene ring substituents is 1. The smallest absolute Gasteiger partial charge is 0.341 e. The lowest BCUT2D eigenvalue weighted by Crippen LogP contribution is -2.13. The number of nitrogens with zero attached hydrogens (tertiary/aromatic N) is 2. The largest absolute Gasteiger partial charge is 0.462 e. The molecular weight excluding hydrogens is 352 g/mol. The SMILES string of the molecule is CCOC(=O)c1c(N=Cc2cccc([N+](=O)[O-])c2)sc2c1CC[C@@H](C)C2. The zero-order valence-corrected chi connectivity index (χ0v) is 15.5. The van der Waals surface area contributed by atoms with Gasteiger partial charge in [-0.05, 0) is 43.2 Å². The molecule has 26 heavy (non-hydrogen) atoms. The number of esters is 1. The zero-order chi connectivity index (χ0) is 18.7. The second-order valence-corrected chi connectivity index (χ2v) is 7.45. The van der Waals surface area contributed by atoms with E-state index >= 15 is 0 Å². The van der Waals surface area contributed by atoms with Crippen LogP contribution in [0.2, 0.25) is 0 Å². The molecule has 1 aliphatic carbocycles. The Labute approximate surface area is 155 Å². The van der Waals surface area contributed by atoms with Gasteiger partial charge in [0.15, 0.2) is 0 Å². The number of rotatable bonds is 5. The molecule has 0 radical (unpaired) electrons. The molecule has 0 aliphatic heterocycles. The van der Waals surface area contributed by atoms with E-state index in [9.17, 15) is 14.9 Å². The molecule has 2 aromatic rings. The van der Waals surface area contributed by atoms with Gasteiger partial charge in [-0.3, -0.25) is 10.1 Å². The van der Waals surface area contributed by atoms with Crippen LogP contribution >= 0.6 is 11.3 Å². The minimum absolute atomic E-state index is 0.0128. The van der Waals surface area contributed by atoms with Crippen LogP contribution in [0.5, 0.6) is 0 Å². The summed E-state index contributed by atoms with van der Waals surface area (Å²) < 4.78 is 5.23. The fraction of sp³-hybridized carbons (Fsp3) is 0.368. The molecule has 0 unspecified atom stereocenters. The van der Waals surface area contributed by atoms with Crippen LogP contribution in [-0.4, -0.2) is 23.7 Å². The highest BCUT2D eigenvalue weighted by Gasteiger charge is 2.28. The number of thiophene rings is 1. The molecule has 0 N–H and O–H groups in total. The third-order valence-electron chi connectivity index (χ3n) is 4.38. The predicted octanol–water partition coefficient (Wildman–Crippen LogP) is 4.71. The molecule has 6 nitrogen and oxygen atoms in total. The molecule has 1 aromatic carbocycles. The molecule has 3 rings (SSSR count). The molecule has 1 aromatic heterocycles. The molecule has 136 valence electrons. The van der Waals surface area contributed by atoms with E-state index in [4.69, 9.17) is 4.74 Å². The Morgan fingerprint density at radius 3 is 3.04 bits per heavy atom. The molecule has 0 saturated carbocycles. The molecule has 7 heteroatoms. The number of carbonyl (C=O) groups excluding carboxylic acids is 1. The van der Waals surface area contributed by atoms with Crippen molar-refractivity contribution < 1.29 is 14.5 Å². The third-order valence-corrected chi connectivity index (χ3v) is 5.55. The van der Waals surface area contributed by atoms with E-state index in [0.29, 0.717) is 28.7 Å². The molecule has 1 atom stereocenters. The number of hydrogen-bond acceptors (Lipinski definition) is 6. The Hall–Kier alpha value is -2.54. The molecular formula is C19H20N2O4S. The van der Waals surface area contributed by atoms with Crippen LogP contribution < -0.4 is 0 Å². The zero-order valence-electron chi connectivity index (χ0n) is 14.7. The van der Waals surface area contributed by atoms with Crippen molar-refractivity contribution in [2.24, 2.45) is 10.9 Å². The van der Waals surface area contributed by atoms with Crippen LogP contribution in [0.15, 0.2) is 29.3 Å². The molecule has 0 saturated heterocycles. The lowest BCUT2D eigenvalue weighted by Gasteiger charge is -2.18. The van der Waals surface area contributed by atoms with Crippen LogP contribution in [-0.2, 0) is 17.6 Å². The van der Waals surface area contributed by atoms with Gasteiger partial charge in [0.1, 0.15) is 5.00 Å². The highest BCUT2D eigenvalue weighted by Crippen LogP contribution is 2.41. The van der Waals surface area contributed by atoms with E-state index in [1.165, 1.54) is 28.3 Å². The van der Waals surface area contributed by atoms with Crippen molar-refractivity contribution in [1.82, 2.24) is 0 Å². The van der Waals surface area contributed by atoms with Gasteiger partial charge in [-0.1, -0.05) is 19.1 Å². The lowest BCUT2D eigenvalue weighted by atomic mass is 9.88. The normalized spacial score (nSPS) is 16.5. The van der Waals surface area contributed by atoms with Crippen molar-refractivity contribution in [3.05, 3.63) is 55.9 Å². The van der Waals surface area contributed by atoms with E-state index in [1.54, 1.807) is 25.3 Å². The van der Waals surface area contributed by atoms with Gasteiger partial charge in [0.2, 0.25) is 0 Å². The van der Waals surface area contributed by atoms with Crippen LogP contribution in [0, 0.1) is 16.0 Å². The minimum Gasteiger partial charge on any atom is -0.462 e. The van der Waals surface area contributed by atoms with Crippen molar-refractivity contribution in [3.8, 4) is 0 Å². The fourth-order valence-electron chi connectivity index (χ4n) is 3.09. The van der Waals surface area contributed by atoms with Gasteiger partial charge >= 0.3 is 5.97 Å². The van der Waals surface area contributed by atoms with Gasteiger partial charge in [0.25, 0.3) is 5.69 Å². The van der Waals surface area contributed by atoms with Crippen LogP contribution in [0.1, 0.15) is 46.6 Å². The number of non-ortho nitro benzene ring substituents is 1. The molecule has 0 spiro atoms. The number of benzene rings is 1. The van der Waals surface area contributed by atoms with Crippen LogP contribution in [0.4, 0.5) is 10.7 Å². The third kappa shape index (κ3) is 3.83. The van der Waals surface area contributed by atoms with Crippen molar-refractivity contribution in [1.29, 1.82) is 0 Å². The fourth-order valence-corrected chi connectivity index (χ4v) is 4.44. The summed E-state index contributed by atoms with van der Waals surface area (Å²) in [5, 5.41) is 11.5. The standard InChI is InChI=1S/C19H20N2O4S/c1-3-25-19(22)17-15-8-7-12(2)9-16(15)26-18(17)20-11-13-5-4-6-14(10-13)21(23)24/h4-6,10-12H,3,7-9H2,1-2H3/t12-/m1/s1. The maximum absolute atomic E-state index is 12.5. The Kier molecular flexibility index (Phi) is 5.46. The van der Waals surface area contributed by atoms with E-state index in [0.717, 1.165) is 24.8 Å². The Morgan fingerprint density at radius 1 is 1.50 bits per heavy atom. The lowest BCUT2D eigenvalue weighted by molar-refractivity contribution is -0.384. The van der Waals surface area contributed by atoms with E-state index < -0.39 is 4.92 Å². The van der Waals surface area contributed by atoms with Crippen molar-refractivity contribution >= 4 is 34.2 Å². The van der Waals surface area contributed by atoms with E-state index in [1.807, 2.05) is 0 Å². The highest BCUT2D eigenvalue weighted by molar-refractivity contribution is 7.16. The molecule has 0 amide bonds. The number of fused-ring (bicyclic) bond motifs is 1. The number of hydrogen-bond donors (Lipinski definition) is 0. The second-order valence-electron chi connectivity index (χ2n) is 6.36. The quantitative estimate of drug-likeness (QED) is 0.329. The summed E-state index contributed by atoms with van der Waals surface area (Å²) >= 11 is 1.52. The molecule has 1 heterocycles. The van der Waals surface area contributed by atoms with Gasteiger partial charge in [-0.15, -0.1) is 11.3 Å². The van der Waals surface area contributed by atoms with E-state index in [2.05, 4.69) is 11.9 Å². The van der Waals surface area contributed by atoms with Gasteiger partial charge in [0, 0.05) is 23.2 Å². The summed E-state index contributed by atoms with van der Waals surface area (Å²) in [4.78, 5) is 28.6.